The van der Waals surface area contributed by atoms with Crippen molar-refractivity contribution in [3.05, 3.63) is 64.1 Å². The van der Waals surface area contributed by atoms with Crippen molar-refractivity contribution in [3.8, 4) is 5.75 Å². The minimum atomic E-state index is -1.26. The Bertz CT molecular complexity index is 654. The Hall–Kier alpha value is -2.18. The molecule has 0 unspecified atom stereocenters. The van der Waals surface area contributed by atoms with Gasteiger partial charge in [0.2, 0.25) is 0 Å². The van der Waals surface area contributed by atoms with E-state index in [-0.39, 0.29) is 0 Å². The number of hydrogen-bond acceptors (Lipinski definition) is 4. The van der Waals surface area contributed by atoms with Crippen molar-refractivity contribution in [2.75, 3.05) is 7.11 Å². The topological polar surface area (TPSA) is 70.9 Å². The highest BCUT2D eigenvalue weighted by atomic mass is 79.9. The number of aliphatic hydroxyl groups is 1. The molecule has 0 radical (unpaired) electrons. The van der Waals surface area contributed by atoms with E-state index in [0.717, 1.165) is 15.8 Å². The van der Waals surface area contributed by atoms with Crippen LogP contribution in [0.2, 0.25) is 0 Å². The van der Waals surface area contributed by atoms with Gasteiger partial charge < -0.3 is 9.84 Å². The summed E-state index contributed by atoms with van der Waals surface area (Å²) in [6.07, 6.45) is 0.229. The maximum Gasteiger partial charge on any atom is 0.273 e. The van der Waals surface area contributed by atoms with Gasteiger partial charge in [0.25, 0.3) is 5.91 Å². The van der Waals surface area contributed by atoms with E-state index in [9.17, 15) is 9.90 Å². The number of nitrogens with one attached hydrogen (secondary N) is 1. The summed E-state index contributed by atoms with van der Waals surface area (Å²) in [6, 6.07) is 14.0. The van der Waals surface area contributed by atoms with E-state index < -0.39 is 12.0 Å². The van der Waals surface area contributed by atoms with Gasteiger partial charge in [-0.2, -0.15) is 5.10 Å². The Kier molecular flexibility index (Phi) is 5.68. The van der Waals surface area contributed by atoms with E-state index in [2.05, 4.69) is 26.5 Å². The summed E-state index contributed by atoms with van der Waals surface area (Å²) < 4.78 is 5.93. The minimum Gasteiger partial charge on any atom is -0.497 e. The lowest BCUT2D eigenvalue weighted by Gasteiger charge is -2.08. The van der Waals surface area contributed by atoms with Gasteiger partial charge in [-0.15, -0.1) is 0 Å². The van der Waals surface area contributed by atoms with Gasteiger partial charge in [-0.05, 0) is 47.5 Å². The molecular weight excluding hydrogens is 348 g/mol. The van der Waals surface area contributed by atoms with Gasteiger partial charge in [-0.3, -0.25) is 4.79 Å². The molecule has 2 rings (SSSR count). The number of carbonyl (C=O) groups is 1. The minimum absolute atomic E-state index is 0.500. The number of benzene rings is 2. The number of nitrogens with zero attached hydrogens (tertiary/aromatic N) is 1. The summed E-state index contributed by atoms with van der Waals surface area (Å²) in [5.41, 5.74) is 3.62. The molecule has 0 aromatic heterocycles. The van der Waals surface area contributed by atoms with Crippen LogP contribution in [0.3, 0.4) is 0 Å². The molecule has 0 bridgehead atoms. The Labute approximate surface area is 136 Å². The van der Waals surface area contributed by atoms with Crippen molar-refractivity contribution in [3.63, 3.8) is 0 Å². The first-order valence-corrected chi connectivity index (χ1v) is 7.30. The zero-order valence-corrected chi connectivity index (χ0v) is 13.4. The molecule has 2 aromatic rings. The third-order valence-corrected chi connectivity index (χ3v) is 3.47. The summed E-state index contributed by atoms with van der Waals surface area (Å²) >= 11 is 3.30. The van der Waals surface area contributed by atoms with Crippen LogP contribution in [0, 0.1) is 0 Å². The summed E-state index contributed by atoms with van der Waals surface area (Å²) in [5, 5.41) is 13.8. The van der Waals surface area contributed by atoms with Gasteiger partial charge in [0, 0.05) is 4.47 Å². The highest BCUT2D eigenvalue weighted by Crippen LogP contribution is 2.16. The van der Waals surface area contributed by atoms with Crippen molar-refractivity contribution in [1.29, 1.82) is 0 Å². The predicted molar refractivity (Wildman–Crippen MR) is 87.8 cm³/mol. The quantitative estimate of drug-likeness (QED) is 0.634. The molecule has 1 amide bonds. The molecule has 2 N–H and O–H groups in total. The molecule has 6 heteroatoms. The molecule has 0 spiro atoms. The second kappa shape index (κ2) is 7.72. The molecule has 0 aliphatic carbocycles. The van der Waals surface area contributed by atoms with Crippen molar-refractivity contribution in [2.24, 2.45) is 5.10 Å². The second-order valence-corrected chi connectivity index (χ2v) is 5.38. The number of amides is 1. The fraction of sp³-hybridized carbons (Fsp3) is 0.125. The number of rotatable bonds is 5. The molecule has 0 saturated carbocycles. The summed E-state index contributed by atoms with van der Waals surface area (Å²) in [7, 11) is 1.59. The predicted octanol–water partition coefficient (Wildman–Crippen LogP) is 2.64. The van der Waals surface area contributed by atoms with Gasteiger partial charge in [-0.25, -0.2) is 5.43 Å². The fourth-order valence-corrected chi connectivity index (χ4v) is 1.98. The van der Waals surface area contributed by atoms with Crippen LogP contribution in [-0.2, 0) is 4.79 Å². The monoisotopic (exact) mass is 362 g/mol. The second-order valence-electron chi connectivity index (χ2n) is 4.46. The summed E-state index contributed by atoms with van der Waals surface area (Å²) in [5.74, 6) is 0.152. The Morgan fingerprint density at radius 2 is 1.86 bits per heavy atom. The van der Waals surface area contributed by atoms with Crippen molar-refractivity contribution < 1.29 is 14.6 Å². The van der Waals surface area contributed by atoms with Gasteiger partial charge >= 0.3 is 0 Å². The molecule has 114 valence electrons. The van der Waals surface area contributed by atoms with Crippen molar-refractivity contribution in [2.45, 2.75) is 6.10 Å². The van der Waals surface area contributed by atoms with E-state index >= 15 is 0 Å². The van der Waals surface area contributed by atoms with Crippen LogP contribution >= 0.6 is 15.9 Å². The Morgan fingerprint density at radius 1 is 1.23 bits per heavy atom. The largest absolute Gasteiger partial charge is 0.497 e. The lowest BCUT2D eigenvalue weighted by molar-refractivity contribution is -0.129. The first kappa shape index (κ1) is 16.2. The van der Waals surface area contributed by atoms with Crippen LogP contribution in [0.4, 0.5) is 0 Å². The highest BCUT2D eigenvalue weighted by molar-refractivity contribution is 9.10. The maximum atomic E-state index is 11.8. The van der Waals surface area contributed by atoms with Crippen molar-refractivity contribution in [1.82, 2.24) is 5.43 Å². The molecule has 5 nitrogen and oxygen atoms in total. The lowest BCUT2D eigenvalue weighted by Crippen LogP contribution is -2.25. The first-order valence-electron chi connectivity index (χ1n) is 6.50. The van der Waals surface area contributed by atoms with Gasteiger partial charge in [0.05, 0.1) is 13.3 Å². The number of ether oxygens (including phenoxy) is 1. The molecule has 2 aromatic carbocycles. The molecule has 0 heterocycles. The number of halogens is 1. The standard InChI is InChI=1S/C16H15BrN2O3/c1-22-14-8-2-11(3-9-14)10-18-19-16(21)15(20)12-4-6-13(17)7-5-12/h2-10,15,20H,1H3,(H,19,21)/t15-/m0/s1. The fourth-order valence-electron chi connectivity index (χ4n) is 1.72. The van der Waals surface area contributed by atoms with Crippen molar-refractivity contribution >= 4 is 28.1 Å². The highest BCUT2D eigenvalue weighted by Gasteiger charge is 2.16. The Balaban J connectivity index is 1.93. The van der Waals surface area contributed by atoms with Gasteiger partial charge in [0.15, 0.2) is 6.10 Å². The zero-order valence-electron chi connectivity index (χ0n) is 11.9. The molecule has 0 fully saturated rings. The third-order valence-electron chi connectivity index (χ3n) is 2.94. The number of carbonyl (C=O) groups excluding carboxylic acids is 1. The van der Waals surface area contributed by atoms with Crippen LogP contribution < -0.4 is 10.2 Å². The van der Waals surface area contributed by atoms with Crippen LogP contribution in [0.1, 0.15) is 17.2 Å². The lowest BCUT2D eigenvalue weighted by atomic mass is 10.1. The number of methoxy groups -OCH3 is 1. The first-order chi connectivity index (χ1) is 10.6. The summed E-state index contributed by atoms with van der Waals surface area (Å²) in [4.78, 5) is 11.8. The van der Waals surface area contributed by atoms with E-state index in [1.807, 2.05) is 0 Å². The average Bonchev–Trinajstić information content (AvgIpc) is 2.55. The third kappa shape index (κ3) is 4.41. The van der Waals surface area contributed by atoms with Gasteiger partial charge in [0.1, 0.15) is 5.75 Å². The normalized spacial score (nSPS) is 12.1. The van der Waals surface area contributed by atoms with E-state index in [1.165, 1.54) is 6.21 Å². The number of aliphatic hydroxyl groups excluding tert-OH is 1. The van der Waals surface area contributed by atoms with Crippen LogP contribution in [0.5, 0.6) is 5.75 Å². The molecular formula is C16H15BrN2O3. The molecule has 22 heavy (non-hydrogen) atoms. The molecule has 1 atom stereocenters. The molecule has 0 aliphatic rings. The molecule has 0 saturated heterocycles. The van der Waals surface area contributed by atoms with Gasteiger partial charge in [-0.1, -0.05) is 28.1 Å². The maximum absolute atomic E-state index is 11.8. The smallest absolute Gasteiger partial charge is 0.273 e. The number of hydrogen-bond donors (Lipinski definition) is 2. The zero-order chi connectivity index (χ0) is 15.9. The van der Waals surface area contributed by atoms with E-state index in [4.69, 9.17) is 4.74 Å². The Morgan fingerprint density at radius 3 is 2.45 bits per heavy atom. The molecule has 0 aliphatic heterocycles. The summed E-state index contributed by atoms with van der Waals surface area (Å²) in [6.45, 7) is 0. The van der Waals surface area contributed by atoms with E-state index in [1.54, 1.807) is 55.6 Å². The van der Waals surface area contributed by atoms with Crippen LogP contribution in [0.25, 0.3) is 0 Å². The van der Waals surface area contributed by atoms with Crippen LogP contribution in [0.15, 0.2) is 58.1 Å². The number of hydrazone groups is 1. The van der Waals surface area contributed by atoms with E-state index in [0.29, 0.717) is 5.56 Å². The SMILES string of the molecule is COc1ccc(C=NNC(=O)[C@@H](O)c2ccc(Br)cc2)cc1. The van der Waals surface area contributed by atoms with Crippen LogP contribution in [-0.4, -0.2) is 24.3 Å². The average molecular weight is 363 g/mol.